The molecule has 1 N–H and O–H groups in total. The number of amides is 1. The van der Waals surface area contributed by atoms with Crippen LogP contribution in [0.25, 0.3) is 0 Å². The molecular weight excluding hydrogens is 310 g/mol. The molecule has 0 spiro atoms. The van der Waals surface area contributed by atoms with Gasteiger partial charge in [0.25, 0.3) is 0 Å². The minimum absolute atomic E-state index is 0.0523. The van der Waals surface area contributed by atoms with Crippen LogP contribution >= 0.6 is 15.9 Å². The average Bonchev–Trinajstić information content (AvgIpc) is 2.26. The molecule has 0 bridgehead atoms. The van der Waals surface area contributed by atoms with Gasteiger partial charge < -0.3 is 14.8 Å². The quantitative estimate of drug-likeness (QED) is 0.861. The third kappa shape index (κ3) is 4.13. The van der Waals surface area contributed by atoms with E-state index >= 15 is 0 Å². The molecule has 2 rings (SSSR count). The van der Waals surface area contributed by atoms with E-state index in [2.05, 4.69) is 21.2 Å². The molecule has 0 radical (unpaired) electrons. The summed E-state index contributed by atoms with van der Waals surface area (Å²) in [6.45, 7) is 5.99. The molecule has 1 aliphatic heterocycles. The van der Waals surface area contributed by atoms with Gasteiger partial charge >= 0.3 is 6.09 Å². The summed E-state index contributed by atoms with van der Waals surface area (Å²) in [6, 6.07) is 5.86. The van der Waals surface area contributed by atoms with Crippen molar-refractivity contribution in [3.05, 3.63) is 28.2 Å². The molecule has 1 atom stereocenters. The van der Waals surface area contributed by atoms with E-state index in [4.69, 9.17) is 9.47 Å². The normalized spacial score (nSPS) is 18.2. The number of benzene rings is 1. The van der Waals surface area contributed by atoms with E-state index in [9.17, 15) is 4.79 Å². The first-order chi connectivity index (χ1) is 8.83. The van der Waals surface area contributed by atoms with Crippen LogP contribution in [0.5, 0.6) is 5.75 Å². The fourth-order valence-corrected chi connectivity index (χ4v) is 2.25. The van der Waals surface area contributed by atoms with Gasteiger partial charge in [0.15, 0.2) is 0 Å². The molecule has 0 saturated heterocycles. The van der Waals surface area contributed by atoms with E-state index < -0.39 is 11.7 Å². The second-order valence-corrected chi connectivity index (χ2v) is 6.53. The van der Waals surface area contributed by atoms with E-state index in [1.165, 1.54) is 0 Å². The highest BCUT2D eigenvalue weighted by molar-refractivity contribution is 9.10. The van der Waals surface area contributed by atoms with E-state index in [1.807, 2.05) is 39.0 Å². The second-order valence-electron chi connectivity index (χ2n) is 5.61. The van der Waals surface area contributed by atoms with Gasteiger partial charge in [0, 0.05) is 4.47 Å². The smallest absolute Gasteiger partial charge is 0.408 e. The van der Waals surface area contributed by atoms with Gasteiger partial charge in [-0.2, -0.15) is 0 Å². The molecular formula is C14H18BrNO3. The van der Waals surface area contributed by atoms with E-state index in [0.717, 1.165) is 22.2 Å². The van der Waals surface area contributed by atoms with Gasteiger partial charge in [-0.3, -0.25) is 0 Å². The van der Waals surface area contributed by atoms with Gasteiger partial charge in [-0.15, -0.1) is 0 Å². The predicted octanol–water partition coefficient (Wildman–Crippen LogP) is 3.28. The Kier molecular flexibility index (Phi) is 4.04. The van der Waals surface area contributed by atoms with Crippen LogP contribution in [0.1, 0.15) is 26.3 Å². The third-order valence-corrected chi connectivity index (χ3v) is 3.15. The lowest BCUT2D eigenvalue weighted by Crippen LogP contribution is -2.44. The van der Waals surface area contributed by atoms with E-state index in [1.54, 1.807) is 0 Å². The standard InChI is InChI=1S/C14H18BrNO3/c1-14(2,3)19-13(17)16-11-6-9-4-5-10(15)7-12(9)18-8-11/h4-5,7,11H,6,8H2,1-3H3,(H,16,17)/t11-/m1/s1. The zero-order valence-electron chi connectivity index (χ0n) is 11.3. The van der Waals surface area contributed by atoms with Gasteiger partial charge in [0.2, 0.25) is 0 Å². The van der Waals surface area contributed by atoms with Crippen molar-refractivity contribution in [1.82, 2.24) is 5.32 Å². The molecule has 1 aromatic carbocycles. The maximum Gasteiger partial charge on any atom is 0.408 e. The molecule has 1 aliphatic rings. The van der Waals surface area contributed by atoms with Crippen LogP contribution in [0.4, 0.5) is 4.79 Å². The molecule has 0 aliphatic carbocycles. The summed E-state index contributed by atoms with van der Waals surface area (Å²) < 4.78 is 11.9. The van der Waals surface area contributed by atoms with Gasteiger partial charge in [-0.05, 0) is 44.9 Å². The monoisotopic (exact) mass is 327 g/mol. The van der Waals surface area contributed by atoms with Crippen LogP contribution in [0, 0.1) is 0 Å². The van der Waals surface area contributed by atoms with Crippen molar-refractivity contribution in [1.29, 1.82) is 0 Å². The van der Waals surface area contributed by atoms with Gasteiger partial charge in [-0.1, -0.05) is 22.0 Å². The van der Waals surface area contributed by atoms with Gasteiger partial charge in [0.1, 0.15) is 18.0 Å². The van der Waals surface area contributed by atoms with Crippen LogP contribution in [0.3, 0.4) is 0 Å². The van der Waals surface area contributed by atoms with Gasteiger partial charge in [0.05, 0.1) is 6.04 Å². The molecule has 5 heteroatoms. The third-order valence-electron chi connectivity index (χ3n) is 2.66. The number of carbonyl (C=O) groups excluding carboxylic acids is 1. The summed E-state index contributed by atoms with van der Waals surface area (Å²) in [5.74, 6) is 0.872. The molecule has 19 heavy (non-hydrogen) atoms. The molecule has 0 unspecified atom stereocenters. The number of nitrogens with one attached hydrogen (secondary N) is 1. The number of alkyl carbamates (subject to hydrolysis) is 1. The summed E-state index contributed by atoms with van der Waals surface area (Å²) in [5, 5.41) is 2.83. The largest absolute Gasteiger partial charge is 0.491 e. The summed E-state index contributed by atoms with van der Waals surface area (Å²) in [6.07, 6.45) is 0.351. The highest BCUT2D eigenvalue weighted by atomic mass is 79.9. The first-order valence-corrected chi connectivity index (χ1v) is 7.03. The Morgan fingerprint density at radius 1 is 1.47 bits per heavy atom. The SMILES string of the molecule is CC(C)(C)OC(=O)N[C@H]1COc2cc(Br)ccc2C1. The minimum Gasteiger partial charge on any atom is -0.491 e. The Balaban J connectivity index is 1.95. The Bertz CT molecular complexity index is 482. The Morgan fingerprint density at radius 3 is 2.89 bits per heavy atom. The molecule has 1 amide bonds. The lowest BCUT2D eigenvalue weighted by Gasteiger charge is -2.27. The molecule has 4 nitrogen and oxygen atoms in total. The number of carbonyl (C=O) groups is 1. The summed E-state index contributed by atoms with van der Waals surface area (Å²) in [7, 11) is 0. The topological polar surface area (TPSA) is 47.6 Å². The number of ether oxygens (including phenoxy) is 2. The highest BCUT2D eigenvalue weighted by Crippen LogP contribution is 2.28. The van der Waals surface area contributed by atoms with Crippen LogP contribution in [-0.4, -0.2) is 24.3 Å². The van der Waals surface area contributed by atoms with Crippen LogP contribution in [0.2, 0.25) is 0 Å². The maximum atomic E-state index is 11.7. The second kappa shape index (κ2) is 5.41. The highest BCUT2D eigenvalue weighted by Gasteiger charge is 2.24. The molecule has 0 aromatic heterocycles. The first-order valence-electron chi connectivity index (χ1n) is 6.24. The van der Waals surface area contributed by atoms with Crippen LogP contribution < -0.4 is 10.1 Å². The van der Waals surface area contributed by atoms with Crippen molar-refractivity contribution in [3.8, 4) is 5.75 Å². The number of hydrogen-bond donors (Lipinski definition) is 1. The van der Waals surface area contributed by atoms with E-state index in [0.29, 0.717) is 6.61 Å². The number of fused-ring (bicyclic) bond motifs is 1. The first kappa shape index (κ1) is 14.2. The van der Waals surface area contributed by atoms with Crippen LogP contribution in [-0.2, 0) is 11.2 Å². The van der Waals surface area contributed by atoms with E-state index in [-0.39, 0.29) is 6.04 Å². The lowest BCUT2D eigenvalue weighted by atomic mass is 10.0. The maximum absolute atomic E-state index is 11.7. The molecule has 1 heterocycles. The fraction of sp³-hybridized carbons (Fsp3) is 0.500. The predicted molar refractivity (Wildman–Crippen MR) is 76.5 cm³/mol. The fourth-order valence-electron chi connectivity index (χ4n) is 1.91. The zero-order chi connectivity index (χ0) is 14.0. The summed E-state index contributed by atoms with van der Waals surface area (Å²) in [5.41, 5.74) is 0.609. The molecule has 1 aromatic rings. The Morgan fingerprint density at radius 2 is 2.21 bits per heavy atom. The van der Waals surface area contributed by atoms with Crippen molar-refractivity contribution >= 4 is 22.0 Å². The average molecular weight is 328 g/mol. The van der Waals surface area contributed by atoms with Crippen molar-refractivity contribution in [3.63, 3.8) is 0 Å². The van der Waals surface area contributed by atoms with Crippen molar-refractivity contribution < 1.29 is 14.3 Å². The van der Waals surface area contributed by atoms with Crippen molar-refractivity contribution in [2.45, 2.75) is 38.8 Å². The zero-order valence-corrected chi connectivity index (χ0v) is 12.9. The van der Waals surface area contributed by atoms with Gasteiger partial charge in [-0.25, -0.2) is 4.79 Å². The van der Waals surface area contributed by atoms with Crippen LogP contribution in [0.15, 0.2) is 22.7 Å². The van der Waals surface area contributed by atoms with Crippen molar-refractivity contribution in [2.24, 2.45) is 0 Å². The molecule has 104 valence electrons. The van der Waals surface area contributed by atoms with Crippen molar-refractivity contribution in [2.75, 3.05) is 6.61 Å². The lowest BCUT2D eigenvalue weighted by molar-refractivity contribution is 0.0481. The molecule has 0 saturated carbocycles. The number of hydrogen-bond acceptors (Lipinski definition) is 3. The summed E-state index contributed by atoms with van der Waals surface area (Å²) >= 11 is 3.41. The Labute approximate surface area is 121 Å². The minimum atomic E-state index is -0.484. The summed E-state index contributed by atoms with van der Waals surface area (Å²) in [4.78, 5) is 11.7. The number of halogens is 1. The Hall–Kier alpha value is -1.23. The number of rotatable bonds is 1. The molecule has 0 fully saturated rings.